The van der Waals surface area contributed by atoms with Crippen LogP contribution >= 0.6 is 0 Å². The van der Waals surface area contributed by atoms with Gasteiger partial charge < -0.3 is 25.0 Å². The zero-order valence-corrected chi connectivity index (χ0v) is 19.8. The number of aliphatic hydroxyl groups excluding tert-OH is 2. The van der Waals surface area contributed by atoms with Crippen LogP contribution in [-0.2, 0) is 16.1 Å². The Hall–Kier alpha value is -3.21. The lowest BCUT2D eigenvalue weighted by Gasteiger charge is -2.34. The molecule has 0 amide bonds. The van der Waals surface area contributed by atoms with E-state index in [0.717, 1.165) is 0 Å². The monoisotopic (exact) mass is 486 g/mol. The number of aryl methyl sites for hydroxylation is 1. The van der Waals surface area contributed by atoms with Gasteiger partial charge >= 0.3 is 0 Å². The first kappa shape index (κ1) is 24.9. The summed E-state index contributed by atoms with van der Waals surface area (Å²) < 4.78 is 40.0. The number of aliphatic hydroxyl groups is 2. The van der Waals surface area contributed by atoms with E-state index in [9.17, 15) is 9.50 Å². The molecule has 0 radical (unpaired) electrons. The molecule has 1 fully saturated rings. The van der Waals surface area contributed by atoms with Crippen LogP contribution in [0, 0.1) is 6.92 Å². The molecule has 0 aromatic carbocycles. The molecule has 3 N–H and O–H groups in total. The van der Waals surface area contributed by atoms with E-state index in [1.165, 1.54) is 32.2 Å². The number of nitrogens with one attached hydrogen (secondary N) is 1. The second-order valence-electron chi connectivity index (χ2n) is 8.96. The number of alkyl halides is 2. The minimum absolute atomic E-state index is 0.0142. The summed E-state index contributed by atoms with van der Waals surface area (Å²) in [6.45, 7) is 4.25. The number of halogens is 2. The average molecular weight is 487 g/mol. The van der Waals surface area contributed by atoms with E-state index in [1.54, 1.807) is 31.3 Å². The Morgan fingerprint density at radius 1 is 1.23 bits per heavy atom. The number of aromatic nitrogens is 3. The minimum atomic E-state index is -1.65. The second kappa shape index (κ2) is 9.80. The zero-order chi connectivity index (χ0) is 25.2. The first-order valence-electron chi connectivity index (χ1n) is 11.2. The van der Waals surface area contributed by atoms with Gasteiger partial charge in [0.15, 0.2) is 11.9 Å². The summed E-state index contributed by atoms with van der Waals surface area (Å²) in [5.74, 6) is 0.173. The molecule has 1 unspecified atom stereocenters. The number of ether oxygens (including phenoxy) is 2. The fraction of sp³-hybridized carbons (Fsp3) is 0.400. The average Bonchev–Trinajstić information content (AvgIpc) is 2.81. The van der Waals surface area contributed by atoms with Crippen molar-refractivity contribution in [1.82, 2.24) is 15.0 Å². The molecule has 1 aliphatic rings. The van der Waals surface area contributed by atoms with E-state index in [0.29, 0.717) is 33.8 Å². The summed E-state index contributed by atoms with van der Waals surface area (Å²) in [4.78, 5) is 12.9. The lowest BCUT2D eigenvalue weighted by molar-refractivity contribution is -0.135. The Balaban J connectivity index is 1.65. The first-order valence-corrected chi connectivity index (χ1v) is 11.2. The number of rotatable bonds is 9. The summed E-state index contributed by atoms with van der Waals surface area (Å²) in [6, 6.07) is 7.95. The highest BCUT2D eigenvalue weighted by molar-refractivity contribution is 5.68. The van der Waals surface area contributed by atoms with Crippen molar-refractivity contribution in [3.63, 3.8) is 0 Å². The van der Waals surface area contributed by atoms with Gasteiger partial charge in [0.2, 0.25) is 5.88 Å². The predicted molar refractivity (Wildman–Crippen MR) is 125 cm³/mol. The molecule has 35 heavy (non-hydrogen) atoms. The van der Waals surface area contributed by atoms with Crippen LogP contribution in [0.3, 0.4) is 0 Å². The van der Waals surface area contributed by atoms with Crippen molar-refractivity contribution in [2.45, 2.75) is 38.3 Å². The number of hydrogen-bond donors (Lipinski definition) is 3. The lowest BCUT2D eigenvalue weighted by atomic mass is 9.93. The van der Waals surface area contributed by atoms with Gasteiger partial charge in [0.1, 0.15) is 12.3 Å². The van der Waals surface area contributed by atoms with Crippen LogP contribution in [0.25, 0.3) is 11.3 Å². The maximum Gasteiger partial charge on any atom is 0.214 e. The van der Waals surface area contributed by atoms with Gasteiger partial charge in [-0.3, -0.25) is 9.97 Å². The Morgan fingerprint density at radius 3 is 2.66 bits per heavy atom. The summed E-state index contributed by atoms with van der Waals surface area (Å²) in [5.41, 5.74) is -0.172. The van der Waals surface area contributed by atoms with Crippen LogP contribution in [0.4, 0.5) is 14.5 Å². The molecular weight excluding hydrogens is 458 g/mol. The second-order valence-corrected chi connectivity index (χ2v) is 8.96. The van der Waals surface area contributed by atoms with Crippen molar-refractivity contribution in [2.24, 2.45) is 0 Å². The van der Waals surface area contributed by atoms with Crippen molar-refractivity contribution in [2.75, 3.05) is 31.7 Å². The van der Waals surface area contributed by atoms with Crippen molar-refractivity contribution in [3.8, 4) is 17.1 Å². The third kappa shape index (κ3) is 5.55. The summed E-state index contributed by atoms with van der Waals surface area (Å²) >= 11 is 0. The minimum Gasteiger partial charge on any atom is -0.475 e. The Morgan fingerprint density at radius 2 is 2.00 bits per heavy atom. The molecule has 4 rings (SSSR count). The molecule has 8 nitrogen and oxygen atoms in total. The van der Waals surface area contributed by atoms with Crippen molar-refractivity contribution in [3.05, 3.63) is 65.2 Å². The van der Waals surface area contributed by atoms with Gasteiger partial charge in [0.05, 0.1) is 43.1 Å². The fourth-order valence-corrected chi connectivity index (χ4v) is 3.63. The van der Waals surface area contributed by atoms with Crippen molar-refractivity contribution >= 4 is 5.69 Å². The Labute approximate surface area is 202 Å². The van der Waals surface area contributed by atoms with Crippen LogP contribution < -0.4 is 10.1 Å². The van der Waals surface area contributed by atoms with Crippen LogP contribution in [-0.4, -0.2) is 51.6 Å². The summed E-state index contributed by atoms with van der Waals surface area (Å²) in [5, 5.41) is 22.8. The highest BCUT2D eigenvalue weighted by Gasteiger charge is 2.41. The summed E-state index contributed by atoms with van der Waals surface area (Å²) in [6.07, 6.45) is 1.84. The standard InChI is InChI=1S/C25H28F2N4O4/c1-15-19(20-9-17(25(27)13-34-14-25)10-22(31-20)35-7-6-32)11-18(12-29-15)30-23(33)16-4-5-28-21(8-16)24(2,3)26/h4-5,8-12,23,30,32-33H,6-7,13-14H2,1-3H3. The van der Waals surface area contributed by atoms with Crippen molar-refractivity contribution in [1.29, 1.82) is 0 Å². The van der Waals surface area contributed by atoms with Gasteiger partial charge in [-0.25, -0.2) is 13.8 Å². The van der Waals surface area contributed by atoms with Crippen LogP contribution in [0.1, 0.15) is 42.6 Å². The number of hydrogen-bond acceptors (Lipinski definition) is 8. The van der Waals surface area contributed by atoms with Crippen LogP contribution in [0.2, 0.25) is 0 Å². The largest absolute Gasteiger partial charge is 0.475 e. The zero-order valence-electron chi connectivity index (χ0n) is 19.8. The maximum atomic E-state index is 15.1. The van der Waals surface area contributed by atoms with Gasteiger partial charge in [-0.05, 0) is 45.0 Å². The fourth-order valence-electron chi connectivity index (χ4n) is 3.63. The molecule has 1 aliphatic heterocycles. The van der Waals surface area contributed by atoms with Gasteiger partial charge in [0.25, 0.3) is 0 Å². The number of anilines is 1. The molecule has 186 valence electrons. The normalized spacial score (nSPS) is 15.9. The first-order chi connectivity index (χ1) is 16.6. The van der Waals surface area contributed by atoms with E-state index in [2.05, 4.69) is 20.3 Å². The smallest absolute Gasteiger partial charge is 0.214 e. The molecule has 4 heterocycles. The molecule has 3 aromatic heterocycles. The predicted octanol–water partition coefficient (Wildman–Crippen LogP) is 3.72. The lowest BCUT2D eigenvalue weighted by Crippen LogP contribution is -2.42. The molecule has 1 atom stereocenters. The highest BCUT2D eigenvalue weighted by atomic mass is 19.1. The SMILES string of the molecule is Cc1ncc(NC(O)c2ccnc(C(C)(C)F)c2)cc1-c1cc(C2(F)COC2)cc(OCCO)n1. The summed E-state index contributed by atoms with van der Waals surface area (Å²) in [7, 11) is 0. The van der Waals surface area contributed by atoms with E-state index >= 15 is 4.39 Å². The van der Waals surface area contributed by atoms with Gasteiger partial charge in [-0.1, -0.05) is 0 Å². The van der Waals surface area contributed by atoms with E-state index in [-0.39, 0.29) is 38.0 Å². The quantitative estimate of drug-likeness (QED) is 0.393. The van der Waals surface area contributed by atoms with Gasteiger partial charge in [0, 0.05) is 34.6 Å². The molecule has 10 heteroatoms. The van der Waals surface area contributed by atoms with Gasteiger partial charge in [-0.15, -0.1) is 0 Å². The molecule has 0 bridgehead atoms. The molecular formula is C25H28F2N4O4. The highest BCUT2D eigenvalue weighted by Crippen LogP contribution is 2.38. The van der Waals surface area contributed by atoms with Crippen LogP contribution in [0.5, 0.6) is 5.88 Å². The topological polar surface area (TPSA) is 110 Å². The number of nitrogens with zero attached hydrogens (tertiary/aromatic N) is 3. The molecule has 3 aromatic rings. The van der Waals surface area contributed by atoms with Crippen molar-refractivity contribution < 1.29 is 28.5 Å². The molecule has 0 aliphatic carbocycles. The van der Waals surface area contributed by atoms with Gasteiger partial charge in [-0.2, -0.15) is 0 Å². The molecule has 0 saturated carbocycles. The third-order valence-electron chi connectivity index (χ3n) is 5.70. The molecule has 0 spiro atoms. The third-order valence-corrected chi connectivity index (χ3v) is 5.70. The Kier molecular flexibility index (Phi) is 6.98. The van der Waals surface area contributed by atoms with E-state index in [1.807, 2.05) is 0 Å². The maximum absolute atomic E-state index is 15.1. The van der Waals surface area contributed by atoms with E-state index in [4.69, 9.17) is 14.6 Å². The molecule has 1 saturated heterocycles. The Bertz CT molecular complexity index is 1200. The number of pyridine rings is 3. The van der Waals surface area contributed by atoms with Crippen LogP contribution in [0.15, 0.2) is 42.7 Å². The van der Waals surface area contributed by atoms with E-state index < -0.39 is 17.6 Å².